The first kappa shape index (κ1) is 29.6. The zero-order valence-electron chi connectivity index (χ0n) is 24.1. The van der Waals surface area contributed by atoms with Crippen LogP contribution in [0.3, 0.4) is 0 Å². The smallest absolute Gasteiger partial charge is 0.328 e. The van der Waals surface area contributed by atoms with E-state index in [0.717, 1.165) is 18.4 Å². The van der Waals surface area contributed by atoms with Gasteiger partial charge >= 0.3 is 11.9 Å². The molecule has 4 aliphatic carbocycles. The number of carbonyl (C=O) groups is 5. The van der Waals surface area contributed by atoms with Gasteiger partial charge in [-0.05, 0) is 68.9 Å². The van der Waals surface area contributed by atoms with Gasteiger partial charge in [-0.25, -0.2) is 4.79 Å². The molecule has 4 fully saturated rings. The van der Waals surface area contributed by atoms with E-state index < -0.39 is 52.9 Å². The van der Waals surface area contributed by atoms with Crippen LogP contribution in [0.1, 0.15) is 71.6 Å². The summed E-state index contributed by atoms with van der Waals surface area (Å²) in [4.78, 5) is 63.8. The Kier molecular flexibility index (Phi) is 7.78. The van der Waals surface area contributed by atoms with Gasteiger partial charge in [-0.1, -0.05) is 25.5 Å². The zero-order valence-corrected chi connectivity index (χ0v) is 24.1. The summed E-state index contributed by atoms with van der Waals surface area (Å²) in [7, 11) is 1.27. The Bertz CT molecular complexity index is 1210. The van der Waals surface area contributed by atoms with Crippen molar-refractivity contribution in [3.8, 4) is 0 Å². The standard InChI is InChI=1S/C31H41NO9/c1-29-12-10-19(33)15-18(29)6-7-20-21-11-13-31(39,30(21,2)16-23(34)27(20)29)24(35)17-41-26(37)9-8-25(36)32-14-4-5-22(32)28(38)40-3/h10,12,15,20-23,27,34,39H,4-9,11,13-14,16-17H2,1-3H3/t20?,21?,22?,23?,27?,29-,30-,31+/m0/s1. The molecule has 10 nitrogen and oxygen atoms in total. The van der Waals surface area contributed by atoms with Gasteiger partial charge in [0.2, 0.25) is 11.7 Å². The van der Waals surface area contributed by atoms with Gasteiger partial charge in [-0.2, -0.15) is 0 Å². The van der Waals surface area contributed by atoms with Crippen molar-refractivity contribution in [2.24, 2.45) is 28.6 Å². The number of aliphatic hydroxyl groups is 2. The predicted octanol–water partition coefficient (Wildman–Crippen LogP) is 2.05. The monoisotopic (exact) mass is 571 g/mol. The molecule has 1 heterocycles. The van der Waals surface area contributed by atoms with Crippen molar-refractivity contribution in [2.75, 3.05) is 20.3 Å². The van der Waals surface area contributed by atoms with E-state index in [9.17, 15) is 34.2 Å². The molecule has 0 bridgehead atoms. The number of allylic oxidation sites excluding steroid dienone is 4. The van der Waals surface area contributed by atoms with Crippen LogP contribution in [0, 0.1) is 28.6 Å². The van der Waals surface area contributed by atoms with Crippen LogP contribution in [0.5, 0.6) is 0 Å². The second-order valence-electron chi connectivity index (χ2n) is 13.0. The zero-order chi connectivity index (χ0) is 29.7. The molecule has 2 N–H and O–H groups in total. The molecular weight excluding hydrogens is 530 g/mol. The Morgan fingerprint density at radius 3 is 2.61 bits per heavy atom. The summed E-state index contributed by atoms with van der Waals surface area (Å²) in [6.45, 7) is 3.74. The van der Waals surface area contributed by atoms with E-state index >= 15 is 0 Å². The van der Waals surface area contributed by atoms with E-state index in [1.807, 2.05) is 13.0 Å². The van der Waals surface area contributed by atoms with E-state index in [0.29, 0.717) is 25.8 Å². The quantitative estimate of drug-likeness (QED) is 0.438. The fraction of sp³-hybridized carbons (Fsp3) is 0.710. The summed E-state index contributed by atoms with van der Waals surface area (Å²) >= 11 is 0. The lowest BCUT2D eigenvalue weighted by Crippen LogP contribution is -2.61. The predicted molar refractivity (Wildman–Crippen MR) is 145 cm³/mol. The number of fused-ring (bicyclic) bond motifs is 5. The molecule has 224 valence electrons. The minimum absolute atomic E-state index is 0.00852. The first-order valence-electron chi connectivity index (χ1n) is 14.8. The summed E-state index contributed by atoms with van der Waals surface area (Å²) in [5, 5.41) is 23.3. The minimum atomic E-state index is -1.75. The van der Waals surface area contributed by atoms with E-state index in [-0.39, 0.29) is 55.1 Å². The highest BCUT2D eigenvalue weighted by atomic mass is 16.5. The number of hydrogen-bond donors (Lipinski definition) is 2. The second kappa shape index (κ2) is 10.8. The molecule has 41 heavy (non-hydrogen) atoms. The van der Waals surface area contributed by atoms with Gasteiger partial charge in [-0.3, -0.25) is 19.2 Å². The lowest BCUT2D eigenvalue weighted by atomic mass is 9.46. The molecule has 5 unspecified atom stereocenters. The Morgan fingerprint density at radius 1 is 1.12 bits per heavy atom. The lowest BCUT2D eigenvalue weighted by Gasteiger charge is -2.59. The van der Waals surface area contributed by atoms with Crippen LogP contribution < -0.4 is 0 Å². The highest BCUT2D eigenvalue weighted by molar-refractivity contribution is 6.01. The highest BCUT2D eigenvalue weighted by Gasteiger charge is 2.68. The number of rotatable bonds is 7. The molecule has 0 aromatic rings. The Labute approximate surface area is 240 Å². The number of amides is 1. The van der Waals surface area contributed by atoms with Crippen molar-refractivity contribution in [1.82, 2.24) is 4.90 Å². The maximum absolute atomic E-state index is 13.4. The number of nitrogens with zero attached hydrogens (tertiary/aromatic N) is 1. The van der Waals surface area contributed by atoms with Crippen molar-refractivity contribution in [3.63, 3.8) is 0 Å². The van der Waals surface area contributed by atoms with Gasteiger partial charge in [0.15, 0.2) is 12.4 Å². The molecule has 0 spiro atoms. The molecule has 5 aliphatic rings. The van der Waals surface area contributed by atoms with Crippen molar-refractivity contribution in [3.05, 3.63) is 23.8 Å². The van der Waals surface area contributed by atoms with E-state index in [2.05, 4.69) is 6.92 Å². The molecule has 1 aliphatic heterocycles. The number of carbonyl (C=O) groups excluding carboxylic acids is 5. The Balaban J connectivity index is 1.20. The molecule has 0 aromatic heterocycles. The number of esters is 2. The molecule has 1 amide bonds. The number of ketones is 2. The van der Waals surface area contributed by atoms with Crippen LogP contribution in [-0.4, -0.2) is 82.5 Å². The van der Waals surface area contributed by atoms with Crippen LogP contribution in [0.2, 0.25) is 0 Å². The van der Waals surface area contributed by atoms with Crippen molar-refractivity contribution < 1.29 is 43.7 Å². The Hall–Kier alpha value is -2.85. The average molecular weight is 572 g/mol. The fourth-order valence-electron chi connectivity index (χ4n) is 8.93. The average Bonchev–Trinajstić information content (AvgIpc) is 3.53. The fourth-order valence-corrected chi connectivity index (χ4v) is 8.93. The molecule has 1 saturated heterocycles. The van der Waals surface area contributed by atoms with Gasteiger partial charge in [0.1, 0.15) is 11.6 Å². The first-order chi connectivity index (χ1) is 19.4. The van der Waals surface area contributed by atoms with E-state index in [1.165, 1.54) is 12.0 Å². The van der Waals surface area contributed by atoms with Crippen LogP contribution >= 0.6 is 0 Å². The van der Waals surface area contributed by atoms with Gasteiger partial charge < -0.3 is 24.6 Å². The molecule has 10 heteroatoms. The van der Waals surface area contributed by atoms with Crippen LogP contribution in [0.4, 0.5) is 0 Å². The Morgan fingerprint density at radius 2 is 1.88 bits per heavy atom. The number of aliphatic hydroxyl groups excluding tert-OH is 1. The number of methoxy groups -OCH3 is 1. The third kappa shape index (κ3) is 4.76. The summed E-state index contributed by atoms with van der Waals surface area (Å²) in [5.74, 6) is -2.25. The highest BCUT2D eigenvalue weighted by Crippen LogP contribution is 2.67. The number of ether oxygens (including phenoxy) is 2. The third-order valence-electron chi connectivity index (χ3n) is 11.1. The normalized spacial score (nSPS) is 39.3. The van der Waals surface area contributed by atoms with Crippen molar-refractivity contribution in [1.29, 1.82) is 0 Å². The van der Waals surface area contributed by atoms with E-state index in [1.54, 1.807) is 12.2 Å². The minimum Gasteiger partial charge on any atom is -0.467 e. The topological polar surface area (TPSA) is 148 Å². The van der Waals surface area contributed by atoms with Crippen LogP contribution in [0.25, 0.3) is 0 Å². The molecule has 5 rings (SSSR count). The number of likely N-dealkylation sites (tertiary alicyclic amines) is 1. The van der Waals surface area contributed by atoms with Crippen molar-refractivity contribution >= 4 is 29.4 Å². The molecule has 3 saturated carbocycles. The lowest BCUT2D eigenvalue weighted by molar-refractivity contribution is -0.181. The SMILES string of the molecule is COC(=O)C1CCCN1C(=O)CCC(=O)OCC(=O)[C@]1(O)CCC2C3CCC4=CC(=O)C=C[C@]4(C)C3C(O)C[C@@]21C. The maximum Gasteiger partial charge on any atom is 0.328 e. The van der Waals surface area contributed by atoms with Gasteiger partial charge in [-0.15, -0.1) is 0 Å². The van der Waals surface area contributed by atoms with Crippen LogP contribution in [-0.2, 0) is 33.4 Å². The number of hydrogen-bond acceptors (Lipinski definition) is 9. The maximum atomic E-state index is 13.4. The second-order valence-corrected chi connectivity index (χ2v) is 13.0. The van der Waals surface area contributed by atoms with Crippen molar-refractivity contribution in [2.45, 2.75) is 89.4 Å². The molecule has 8 atom stereocenters. The molecule has 0 radical (unpaired) electrons. The summed E-state index contributed by atoms with van der Waals surface area (Å²) in [6.07, 6.45) is 7.75. The summed E-state index contributed by atoms with van der Waals surface area (Å²) < 4.78 is 9.98. The largest absolute Gasteiger partial charge is 0.467 e. The molecular formula is C31H41NO9. The van der Waals surface area contributed by atoms with Gasteiger partial charge in [0.25, 0.3) is 0 Å². The number of Topliss-reactive ketones (excluding diaryl/α,β-unsaturated/α-hetero) is 1. The summed E-state index contributed by atoms with van der Waals surface area (Å²) in [5.41, 5.74) is -2.05. The molecule has 0 aromatic carbocycles. The summed E-state index contributed by atoms with van der Waals surface area (Å²) in [6, 6.07) is -0.646. The van der Waals surface area contributed by atoms with Gasteiger partial charge in [0, 0.05) is 29.7 Å². The first-order valence-corrected chi connectivity index (χ1v) is 14.8. The van der Waals surface area contributed by atoms with Gasteiger partial charge in [0.05, 0.1) is 19.6 Å². The third-order valence-corrected chi connectivity index (χ3v) is 11.1. The van der Waals surface area contributed by atoms with E-state index in [4.69, 9.17) is 9.47 Å². The van der Waals surface area contributed by atoms with Crippen LogP contribution in [0.15, 0.2) is 23.8 Å².